The summed E-state index contributed by atoms with van der Waals surface area (Å²) in [5, 5.41) is 8.75. The number of likely N-dealkylation sites (tertiary alicyclic amines) is 1. The van der Waals surface area contributed by atoms with Gasteiger partial charge in [-0.15, -0.1) is 0 Å². The highest BCUT2D eigenvalue weighted by Gasteiger charge is 2.33. The maximum absolute atomic E-state index is 12.9. The van der Waals surface area contributed by atoms with Crippen molar-refractivity contribution in [2.45, 2.75) is 45.1 Å². The molecule has 1 unspecified atom stereocenters. The second kappa shape index (κ2) is 8.05. The summed E-state index contributed by atoms with van der Waals surface area (Å²) in [6, 6.07) is 5.91. The Kier molecular flexibility index (Phi) is 5.68. The largest absolute Gasteiger partial charge is 0.352 e. The molecule has 0 bridgehead atoms. The van der Waals surface area contributed by atoms with Gasteiger partial charge in [-0.3, -0.25) is 4.79 Å². The minimum absolute atomic E-state index is 0.0405. The molecule has 28 heavy (non-hydrogen) atoms. The smallest absolute Gasteiger partial charge is 0.254 e. The molecule has 2 fully saturated rings. The summed E-state index contributed by atoms with van der Waals surface area (Å²) in [6.45, 7) is 7.31. The highest BCUT2D eigenvalue weighted by atomic mass is 35.5. The number of carbonyl (C=O) groups excluding carboxylic acids is 1. The highest BCUT2D eigenvalue weighted by molar-refractivity contribution is 6.35. The fourth-order valence-electron chi connectivity index (χ4n) is 3.96. The van der Waals surface area contributed by atoms with E-state index in [9.17, 15) is 4.79 Å². The van der Waals surface area contributed by atoms with E-state index in [-0.39, 0.29) is 5.91 Å². The molecular weight excluding hydrogens is 395 g/mol. The molecule has 1 amide bonds. The van der Waals surface area contributed by atoms with Crippen LogP contribution in [0.3, 0.4) is 0 Å². The van der Waals surface area contributed by atoms with Gasteiger partial charge in [0.05, 0.1) is 28.2 Å². The summed E-state index contributed by atoms with van der Waals surface area (Å²) in [6.07, 6.45) is 4.95. The van der Waals surface area contributed by atoms with Crippen molar-refractivity contribution >= 4 is 29.1 Å². The van der Waals surface area contributed by atoms with Crippen LogP contribution in [0.25, 0.3) is 5.69 Å². The van der Waals surface area contributed by atoms with Gasteiger partial charge in [0.25, 0.3) is 5.91 Å². The van der Waals surface area contributed by atoms with Crippen molar-refractivity contribution in [1.29, 1.82) is 0 Å². The maximum Gasteiger partial charge on any atom is 0.254 e. The highest BCUT2D eigenvalue weighted by Crippen LogP contribution is 2.43. The number of amides is 1. The lowest BCUT2D eigenvalue weighted by Gasteiger charge is -2.20. The molecule has 4 rings (SSSR count). The van der Waals surface area contributed by atoms with Gasteiger partial charge in [0, 0.05) is 30.1 Å². The van der Waals surface area contributed by atoms with Gasteiger partial charge in [0.2, 0.25) is 0 Å². The van der Waals surface area contributed by atoms with Gasteiger partial charge >= 0.3 is 0 Å². The molecule has 0 spiro atoms. The van der Waals surface area contributed by atoms with Crippen LogP contribution in [0.4, 0.5) is 0 Å². The van der Waals surface area contributed by atoms with Crippen LogP contribution in [0.1, 0.15) is 55.1 Å². The zero-order chi connectivity index (χ0) is 19.8. The Balaban J connectivity index is 1.50. The van der Waals surface area contributed by atoms with Crippen molar-refractivity contribution in [1.82, 2.24) is 20.0 Å². The van der Waals surface area contributed by atoms with E-state index in [0.29, 0.717) is 40.0 Å². The van der Waals surface area contributed by atoms with E-state index in [1.807, 2.05) is 6.07 Å². The Labute approximate surface area is 176 Å². The number of aromatic nitrogens is 2. The summed E-state index contributed by atoms with van der Waals surface area (Å²) in [7, 11) is 0. The molecule has 150 valence electrons. The van der Waals surface area contributed by atoms with Crippen LogP contribution in [-0.4, -0.2) is 46.3 Å². The number of halogens is 2. The first-order valence-corrected chi connectivity index (χ1v) is 10.7. The average molecular weight is 421 g/mol. The van der Waals surface area contributed by atoms with E-state index >= 15 is 0 Å². The number of hydrogen-bond acceptors (Lipinski definition) is 3. The lowest BCUT2D eigenvalue weighted by atomic mass is 10.1. The Bertz CT molecular complexity index is 875. The van der Waals surface area contributed by atoms with Crippen molar-refractivity contribution < 1.29 is 4.79 Å². The number of rotatable bonds is 6. The second-order valence-electron chi connectivity index (χ2n) is 8.18. The van der Waals surface area contributed by atoms with Crippen LogP contribution in [0.15, 0.2) is 24.4 Å². The molecule has 2 aliphatic rings. The third-order valence-electron chi connectivity index (χ3n) is 5.75. The van der Waals surface area contributed by atoms with Gasteiger partial charge in [-0.2, -0.15) is 5.10 Å². The Hall–Kier alpha value is -1.56. The van der Waals surface area contributed by atoms with E-state index in [0.717, 1.165) is 43.7 Å². The van der Waals surface area contributed by atoms with Gasteiger partial charge < -0.3 is 10.2 Å². The van der Waals surface area contributed by atoms with Crippen LogP contribution in [0.5, 0.6) is 0 Å². The van der Waals surface area contributed by atoms with Gasteiger partial charge in [0.1, 0.15) is 0 Å². The molecule has 1 aliphatic carbocycles. The van der Waals surface area contributed by atoms with E-state index in [1.165, 1.54) is 0 Å². The summed E-state index contributed by atoms with van der Waals surface area (Å²) >= 11 is 12.4. The minimum atomic E-state index is -0.0405. The van der Waals surface area contributed by atoms with Crippen molar-refractivity contribution in [3.8, 4) is 5.69 Å². The summed E-state index contributed by atoms with van der Waals surface area (Å²) < 4.78 is 1.81. The zero-order valence-corrected chi connectivity index (χ0v) is 17.8. The molecule has 2 aromatic rings. The van der Waals surface area contributed by atoms with Crippen LogP contribution < -0.4 is 5.32 Å². The number of nitrogens with zero attached hydrogens (tertiary/aromatic N) is 3. The number of benzene rings is 1. The van der Waals surface area contributed by atoms with Crippen LogP contribution in [0.2, 0.25) is 10.0 Å². The molecule has 1 aromatic carbocycles. The number of nitrogens with one attached hydrogen (secondary N) is 1. The zero-order valence-electron chi connectivity index (χ0n) is 16.3. The monoisotopic (exact) mass is 420 g/mol. The molecule has 2 heterocycles. The molecule has 1 aromatic heterocycles. The summed E-state index contributed by atoms with van der Waals surface area (Å²) in [4.78, 5) is 15.4. The predicted molar refractivity (Wildman–Crippen MR) is 113 cm³/mol. The summed E-state index contributed by atoms with van der Waals surface area (Å²) in [5.74, 6) is 0.829. The molecule has 5 nitrogen and oxygen atoms in total. The summed E-state index contributed by atoms with van der Waals surface area (Å²) in [5.41, 5.74) is 2.37. The van der Waals surface area contributed by atoms with Crippen molar-refractivity contribution in [3.05, 3.63) is 45.7 Å². The topological polar surface area (TPSA) is 50.2 Å². The van der Waals surface area contributed by atoms with Crippen LogP contribution in [-0.2, 0) is 0 Å². The third-order valence-corrected chi connectivity index (χ3v) is 6.29. The van der Waals surface area contributed by atoms with Crippen molar-refractivity contribution in [3.63, 3.8) is 0 Å². The lowest BCUT2D eigenvalue weighted by Crippen LogP contribution is -2.33. The van der Waals surface area contributed by atoms with E-state index in [1.54, 1.807) is 23.0 Å². The molecule has 1 aliphatic heterocycles. The van der Waals surface area contributed by atoms with Gasteiger partial charge in [-0.25, -0.2) is 4.68 Å². The SMILES string of the molecule is CC(C)N1CCC(CNC(=O)c2cnn(-c3ccc(Cl)cc3Cl)c2C2CC2)C1. The average Bonchev–Trinajstić information content (AvgIpc) is 3.21. The van der Waals surface area contributed by atoms with E-state index in [2.05, 4.69) is 29.2 Å². The normalized spacial score (nSPS) is 20.1. The molecule has 0 radical (unpaired) electrons. The van der Waals surface area contributed by atoms with Gasteiger partial charge in [-0.05, 0) is 63.8 Å². The molecule has 1 N–H and O–H groups in total. The molecule has 7 heteroatoms. The van der Waals surface area contributed by atoms with E-state index in [4.69, 9.17) is 23.2 Å². The predicted octanol–water partition coefficient (Wildman–Crippen LogP) is 4.52. The molecule has 1 saturated carbocycles. The van der Waals surface area contributed by atoms with Crippen LogP contribution >= 0.6 is 23.2 Å². The Morgan fingerprint density at radius 1 is 1.29 bits per heavy atom. The number of hydrogen-bond donors (Lipinski definition) is 1. The Morgan fingerprint density at radius 2 is 2.07 bits per heavy atom. The maximum atomic E-state index is 12.9. The van der Waals surface area contributed by atoms with Crippen molar-refractivity contribution in [2.75, 3.05) is 19.6 Å². The van der Waals surface area contributed by atoms with Gasteiger partial charge in [0.15, 0.2) is 0 Å². The fourth-order valence-corrected chi connectivity index (χ4v) is 4.45. The first-order chi connectivity index (χ1) is 13.4. The third kappa shape index (κ3) is 4.07. The number of carbonyl (C=O) groups is 1. The Morgan fingerprint density at radius 3 is 2.71 bits per heavy atom. The lowest BCUT2D eigenvalue weighted by molar-refractivity contribution is 0.0946. The molecule has 1 atom stereocenters. The first kappa shape index (κ1) is 19.7. The second-order valence-corrected chi connectivity index (χ2v) is 9.02. The quantitative estimate of drug-likeness (QED) is 0.747. The standard InChI is InChI=1S/C21H26Cl2N4O/c1-13(2)26-8-7-14(12-26)10-24-21(28)17-11-25-27(20(17)15-3-4-15)19-6-5-16(22)9-18(19)23/h5-6,9,11,13-15H,3-4,7-8,10,12H2,1-2H3,(H,24,28). The van der Waals surface area contributed by atoms with Crippen molar-refractivity contribution in [2.24, 2.45) is 5.92 Å². The fraction of sp³-hybridized carbons (Fsp3) is 0.524. The van der Waals surface area contributed by atoms with Gasteiger partial charge in [-0.1, -0.05) is 23.2 Å². The minimum Gasteiger partial charge on any atom is -0.352 e. The molecule has 1 saturated heterocycles. The van der Waals surface area contributed by atoms with Crippen LogP contribution in [0, 0.1) is 5.92 Å². The first-order valence-electron chi connectivity index (χ1n) is 9.99. The van der Waals surface area contributed by atoms with E-state index < -0.39 is 0 Å². The molecular formula is C21H26Cl2N4O.